The summed E-state index contributed by atoms with van der Waals surface area (Å²) in [5.41, 5.74) is 5.54. The van der Waals surface area contributed by atoms with Crippen LogP contribution in [-0.2, 0) is 4.79 Å². The maximum atomic E-state index is 12.3. The minimum Gasteiger partial charge on any atom is -0.340 e. The van der Waals surface area contributed by atoms with E-state index in [4.69, 9.17) is 0 Å². The van der Waals surface area contributed by atoms with Gasteiger partial charge in [-0.2, -0.15) is 0 Å². The largest absolute Gasteiger partial charge is 0.340 e. The van der Waals surface area contributed by atoms with Crippen LogP contribution in [0.15, 0.2) is 48.5 Å². The van der Waals surface area contributed by atoms with Crippen molar-refractivity contribution in [2.24, 2.45) is 5.92 Å². The van der Waals surface area contributed by atoms with Gasteiger partial charge in [-0.25, -0.2) is 0 Å². The topological polar surface area (TPSA) is 23.6 Å². The molecule has 2 aliphatic rings. The van der Waals surface area contributed by atoms with E-state index in [1.54, 1.807) is 0 Å². The molecule has 0 spiro atoms. The highest BCUT2D eigenvalue weighted by Crippen LogP contribution is 2.46. The van der Waals surface area contributed by atoms with Gasteiger partial charge in [0.05, 0.1) is 6.04 Å². The van der Waals surface area contributed by atoms with Crippen molar-refractivity contribution in [3.8, 4) is 11.1 Å². The standard InChI is InChI=1S/C22H26N2O/c1-16(2)15-21(25)23-11-13-24(14-12-23)22-19-9-5-3-7-17(19)18-8-4-6-10-20(18)22/h3-10,16,22H,11-15H2,1-2H3. The monoisotopic (exact) mass is 334 g/mol. The number of piperazine rings is 1. The van der Waals surface area contributed by atoms with Crippen molar-refractivity contribution < 1.29 is 4.79 Å². The molecule has 1 fully saturated rings. The lowest BCUT2D eigenvalue weighted by Crippen LogP contribution is -2.49. The van der Waals surface area contributed by atoms with Crippen molar-refractivity contribution in [3.05, 3.63) is 59.7 Å². The summed E-state index contributed by atoms with van der Waals surface area (Å²) in [7, 11) is 0. The number of carbonyl (C=O) groups is 1. The smallest absolute Gasteiger partial charge is 0.222 e. The van der Waals surface area contributed by atoms with E-state index < -0.39 is 0 Å². The van der Waals surface area contributed by atoms with E-state index in [0.29, 0.717) is 24.3 Å². The van der Waals surface area contributed by atoms with E-state index in [-0.39, 0.29) is 0 Å². The zero-order valence-electron chi connectivity index (χ0n) is 15.1. The molecule has 1 amide bonds. The van der Waals surface area contributed by atoms with Crippen LogP contribution >= 0.6 is 0 Å². The first-order valence-electron chi connectivity index (χ1n) is 9.35. The van der Waals surface area contributed by atoms with Gasteiger partial charge in [-0.15, -0.1) is 0 Å². The number of amides is 1. The first kappa shape index (κ1) is 16.3. The summed E-state index contributed by atoms with van der Waals surface area (Å²) in [6, 6.07) is 17.8. The van der Waals surface area contributed by atoms with Gasteiger partial charge in [0.25, 0.3) is 0 Å². The van der Waals surface area contributed by atoms with E-state index in [9.17, 15) is 4.79 Å². The second-order valence-electron chi connectivity index (χ2n) is 7.59. The van der Waals surface area contributed by atoms with E-state index in [0.717, 1.165) is 26.2 Å². The van der Waals surface area contributed by atoms with Crippen molar-refractivity contribution >= 4 is 5.91 Å². The second-order valence-corrected chi connectivity index (χ2v) is 7.59. The predicted molar refractivity (Wildman–Crippen MR) is 101 cm³/mol. The van der Waals surface area contributed by atoms with Crippen LogP contribution in [0.4, 0.5) is 0 Å². The number of benzene rings is 2. The number of nitrogens with zero attached hydrogens (tertiary/aromatic N) is 2. The highest BCUT2D eigenvalue weighted by molar-refractivity contribution is 5.79. The van der Waals surface area contributed by atoms with Gasteiger partial charge in [0.15, 0.2) is 0 Å². The first-order chi connectivity index (χ1) is 12.1. The molecule has 0 unspecified atom stereocenters. The lowest BCUT2D eigenvalue weighted by molar-refractivity contribution is -0.133. The third-order valence-corrected chi connectivity index (χ3v) is 5.42. The highest BCUT2D eigenvalue weighted by atomic mass is 16.2. The van der Waals surface area contributed by atoms with Gasteiger partial charge < -0.3 is 4.90 Å². The quantitative estimate of drug-likeness (QED) is 0.848. The Morgan fingerprint density at radius 1 is 0.920 bits per heavy atom. The molecule has 130 valence electrons. The van der Waals surface area contributed by atoms with Gasteiger partial charge in [0, 0.05) is 32.6 Å². The molecule has 0 atom stereocenters. The molecule has 1 aliphatic carbocycles. The predicted octanol–water partition coefficient (Wildman–Crippen LogP) is 3.95. The fourth-order valence-electron chi connectivity index (χ4n) is 4.23. The minimum atomic E-state index is 0.307. The second kappa shape index (κ2) is 6.64. The number of hydrogen-bond acceptors (Lipinski definition) is 2. The van der Waals surface area contributed by atoms with Gasteiger partial charge in [-0.1, -0.05) is 62.4 Å². The Hall–Kier alpha value is -2.13. The Morgan fingerprint density at radius 3 is 1.96 bits per heavy atom. The summed E-state index contributed by atoms with van der Waals surface area (Å²) < 4.78 is 0. The number of hydrogen-bond donors (Lipinski definition) is 0. The molecule has 4 rings (SSSR count). The van der Waals surface area contributed by atoms with Gasteiger partial charge in [0.1, 0.15) is 0 Å². The summed E-state index contributed by atoms with van der Waals surface area (Å²) in [5, 5.41) is 0. The summed E-state index contributed by atoms with van der Waals surface area (Å²) in [6.07, 6.45) is 0.662. The summed E-state index contributed by atoms with van der Waals surface area (Å²) >= 11 is 0. The van der Waals surface area contributed by atoms with Crippen LogP contribution in [0.5, 0.6) is 0 Å². The SMILES string of the molecule is CC(C)CC(=O)N1CCN(C2c3ccccc3-c3ccccc32)CC1. The van der Waals surface area contributed by atoms with Crippen LogP contribution in [0.25, 0.3) is 11.1 Å². The Labute approximate surface area is 150 Å². The van der Waals surface area contributed by atoms with Crippen LogP contribution < -0.4 is 0 Å². The molecular weight excluding hydrogens is 308 g/mol. The molecule has 2 aromatic rings. The Balaban J connectivity index is 1.55. The van der Waals surface area contributed by atoms with Crippen molar-refractivity contribution in [1.82, 2.24) is 9.80 Å². The van der Waals surface area contributed by atoms with Gasteiger partial charge in [-0.3, -0.25) is 9.69 Å². The molecule has 2 aromatic carbocycles. The Morgan fingerprint density at radius 2 is 1.44 bits per heavy atom. The first-order valence-corrected chi connectivity index (χ1v) is 9.35. The molecule has 0 aromatic heterocycles. The minimum absolute atomic E-state index is 0.307. The fourth-order valence-corrected chi connectivity index (χ4v) is 4.23. The normalized spacial score (nSPS) is 17.6. The van der Waals surface area contributed by atoms with Crippen LogP contribution in [0.1, 0.15) is 37.4 Å². The third kappa shape index (κ3) is 2.98. The number of carbonyl (C=O) groups excluding carboxylic acids is 1. The Bertz CT molecular complexity index is 730. The maximum absolute atomic E-state index is 12.3. The lowest BCUT2D eigenvalue weighted by atomic mass is 10.0. The molecular formula is C22H26N2O. The van der Waals surface area contributed by atoms with Crippen molar-refractivity contribution in [3.63, 3.8) is 0 Å². The van der Waals surface area contributed by atoms with E-state index >= 15 is 0 Å². The van der Waals surface area contributed by atoms with E-state index in [2.05, 4.69) is 67.3 Å². The molecule has 1 aliphatic heterocycles. The number of fused-ring (bicyclic) bond motifs is 3. The summed E-state index contributed by atoms with van der Waals surface area (Å²) in [4.78, 5) is 16.9. The van der Waals surface area contributed by atoms with Crippen LogP contribution in [0, 0.1) is 5.92 Å². The van der Waals surface area contributed by atoms with Gasteiger partial charge >= 0.3 is 0 Å². The summed E-state index contributed by atoms with van der Waals surface area (Å²) in [6.45, 7) is 7.79. The average molecular weight is 334 g/mol. The molecule has 3 heteroatoms. The molecule has 0 radical (unpaired) electrons. The fraction of sp³-hybridized carbons (Fsp3) is 0.409. The summed E-state index contributed by atoms with van der Waals surface area (Å²) in [5.74, 6) is 0.737. The van der Waals surface area contributed by atoms with Gasteiger partial charge in [-0.05, 0) is 28.2 Å². The molecule has 25 heavy (non-hydrogen) atoms. The van der Waals surface area contributed by atoms with Crippen LogP contribution in [0.2, 0.25) is 0 Å². The van der Waals surface area contributed by atoms with Crippen molar-refractivity contribution in [2.75, 3.05) is 26.2 Å². The highest BCUT2D eigenvalue weighted by Gasteiger charge is 2.34. The lowest BCUT2D eigenvalue weighted by Gasteiger charge is -2.39. The third-order valence-electron chi connectivity index (χ3n) is 5.42. The Kier molecular flexibility index (Phi) is 4.34. The van der Waals surface area contributed by atoms with E-state index in [1.165, 1.54) is 22.3 Å². The molecule has 0 saturated carbocycles. The maximum Gasteiger partial charge on any atom is 0.222 e. The molecule has 1 heterocycles. The van der Waals surface area contributed by atoms with E-state index in [1.807, 2.05) is 4.90 Å². The van der Waals surface area contributed by atoms with Crippen LogP contribution in [0.3, 0.4) is 0 Å². The average Bonchev–Trinajstić information content (AvgIpc) is 2.96. The van der Waals surface area contributed by atoms with Gasteiger partial charge in [0.2, 0.25) is 5.91 Å². The molecule has 1 saturated heterocycles. The molecule has 0 bridgehead atoms. The van der Waals surface area contributed by atoms with Crippen LogP contribution in [-0.4, -0.2) is 41.9 Å². The molecule has 0 N–H and O–H groups in total. The van der Waals surface area contributed by atoms with Crippen molar-refractivity contribution in [2.45, 2.75) is 26.3 Å². The van der Waals surface area contributed by atoms with Crippen molar-refractivity contribution in [1.29, 1.82) is 0 Å². The zero-order chi connectivity index (χ0) is 17.4. The molecule has 3 nitrogen and oxygen atoms in total. The zero-order valence-corrected chi connectivity index (χ0v) is 15.1. The number of rotatable bonds is 3.